The Balaban J connectivity index is 2.25. The molecule has 0 nitrogen and oxygen atoms in total. The highest BCUT2D eigenvalue weighted by atomic mass is 14.2. The smallest absolute Gasteiger partial charge is 0.0853 e. The van der Waals surface area contributed by atoms with Gasteiger partial charge in [-0.15, -0.1) is 0 Å². The zero-order valence-electron chi connectivity index (χ0n) is 13.8. The first kappa shape index (κ1) is 16.9. The van der Waals surface area contributed by atoms with Crippen LogP contribution in [0.3, 0.4) is 0 Å². The van der Waals surface area contributed by atoms with E-state index in [4.69, 9.17) is 0 Å². The molecular formula is C18H35B. The number of rotatable bonds is 7. The summed E-state index contributed by atoms with van der Waals surface area (Å²) in [7, 11) is 2.46. The Labute approximate surface area is 122 Å². The van der Waals surface area contributed by atoms with Gasteiger partial charge in [0.1, 0.15) is 7.85 Å². The van der Waals surface area contributed by atoms with Gasteiger partial charge in [0.2, 0.25) is 0 Å². The first-order valence-electron chi connectivity index (χ1n) is 8.82. The van der Waals surface area contributed by atoms with Gasteiger partial charge >= 0.3 is 0 Å². The molecule has 1 heteroatoms. The van der Waals surface area contributed by atoms with Gasteiger partial charge in [-0.1, -0.05) is 82.2 Å². The van der Waals surface area contributed by atoms with Gasteiger partial charge in [0.25, 0.3) is 0 Å². The molecule has 19 heavy (non-hydrogen) atoms. The maximum absolute atomic E-state index is 2.59. The van der Waals surface area contributed by atoms with Gasteiger partial charge in [0.05, 0.1) is 0 Å². The van der Waals surface area contributed by atoms with Gasteiger partial charge in [-0.25, -0.2) is 0 Å². The fourth-order valence-corrected chi connectivity index (χ4v) is 3.21. The van der Waals surface area contributed by atoms with Crippen molar-refractivity contribution in [2.45, 2.75) is 103 Å². The molecule has 1 atom stereocenters. The highest BCUT2D eigenvalue weighted by Crippen LogP contribution is 2.34. The summed E-state index contributed by atoms with van der Waals surface area (Å²) in [6.07, 6.45) is 20.9. The number of unbranched alkanes of at least 4 members (excludes halogenated alkanes) is 2. The van der Waals surface area contributed by atoms with E-state index >= 15 is 0 Å². The van der Waals surface area contributed by atoms with E-state index in [1.807, 2.05) is 0 Å². The van der Waals surface area contributed by atoms with Gasteiger partial charge in [0, 0.05) is 0 Å². The maximum Gasteiger partial charge on any atom is 0.109 e. The molecule has 0 aliphatic heterocycles. The fraction of sp³-hybridized carbons (Fsp3) is 0.889. The Morgan fingerprint density at radius 2 is 1.63 bits per heavy atom. The van der Waals surface area contributed by atoms with E-state index in [1.165, 1.54) is 83.5 Å². The third-order valence-corrected chi connectivity index (χ3v) is 4.71. The van der Waals surface area contributed by atoms with E-state index in [0.717, 1.165) is 0 Å². The topological polar surface area (TPSA) is 0 Å². The number of allylic oxidation sites excluding steroid dienone is 2. The lowest BCUT2D eigenvalue weighted by Crippen LogP contribution is -2.07. The van der Waals surface area contributed by atoms with E-state index in [9.17, 15) is 0 Å². The van der Waals surface area contributed by atoms with Crippen molar-refractivity contribution in [2.75, 3.05) is 0 Å². The minimum absolute atomic E-state index is 0.549. The zero-order chi connectivity index (χ0) is 14.0. The average molecular weight is 262 g/mol. The van der Waals surface area contributed by atoms with Gasteiger partial charge < -0.3 is 0 Å². The molecule has 1 saturated carbocycles. The predicted octanol–water partition coefficient (Wildman–Crippen LogP) is 5.83. The molecule has 0 heterocycles. The van der Waals surface area contributed by atoms with E-state index in [1.54, 1.807) is 5.57 Å². The lowest BCUT2D eigenvalue weighted by Gasteiger charge is -2.24. The lowest BCUT2D eigenvalue weighted by atomic mass is 9.64. The van der Waals surface area contributed by atoms with Crippen LogP contribution in [0.5, 0.6) is 0 Å². The van der Waals surface area contributed by atoms with Gasteiger partial charge in [-0.3, -0.25) is 0 Å². The van der Waals surface area contributed by atoms with Crippen molar-refractivity contribution in [2.24, 2.45) is 0 Å². The summed E-state index contributed by atoms with van der Waals surface area (Å²) >= 11 is 0. The number of hydrogen-bond acceptors (Lipinski definition) is 0. The van der Waals surface area contributed by atoms with Crippen molar-refractivity contribution in [1.29, 1.82) is 0 Å². The first-order chi connectivity index (χ1) is 9.14. The third-order valence-electron chi connectivity index (χ3n) is 4.71. The molecule has 0 radical (unpaired) electrons. The summed E-state index contributed by atoms with van der Waals surface area (Å²) in [6.45, 7) is 4.76. The molecule has 0 aromatic rings. The molecule has 0 N–H and O–H groups in total. The predicted molar refractivity (Wildman–Crippen MR) is 90.7 cm³/mol. The molecule has 0 aromatic heterocycles. The molecule has 0 spiro atoms. The molecule has 0 saturated heterocycles. The standard InChI is InChI=1S/C18H35B/c1-3-4-10-15-18(2,19)16-11-14-17-12-8-6-5-7-9-13-17/h14H,3-13,15-16,19H2,1-2H3. The summed E-state index contributed by atoms with van der Waals surface area (Å²) in [5.74, 6) is 0. The molecule has 1 rings (SSSR count). The van der Waals surface area contributed by atoms with E-state index < -0.39 is 0 Å². The van der Waals surface area contributed by atoms with Crippen molar-refractivity contribution in [3.8, 4) is 0 Å². The monoisotopic (exact) mass is 262 g/mol. The highest BCUT2D eigenvalue weighted by Gasteiger charge is 2.16. The summed E-state index contributed by atoms with van der Waals surface area (Å²) in [4.78, 5) is 0. The minimum Gasteiger partial charge on any atom is -0.0853 e. The van der Waals surface area contributed by atoms with Crippen LogP contribution in [0.1, 0.15) is 97.3 Å². The van der Waals surface area contributed by atoms with Crippen molar-refractivity contribution in [3.63, 3.8) is 0 Å². The maximum atomic E-state index is 2.59. The van der Waals surface area contributed by atoms with Gasteiger partial charge in [-0.2, -0.15) is 0 Å². The second-order valence-electron chi connectivity index (χ2n) is 7.29. The average Bonchev–Trinajstić information content (AvgIpc) is 2.31. The Kier molecular flexibility index (Phi) is 8.58. The molecular weight excluding hydrogens is 227 g/mol. The van der Waals surface area contributed by atoms with Gasteiger partial charge in [0.15, 0.2) is 0 Å². The van der Waals surface area contributed by atoms with Crippen LogP contribution in [-0.2, 0) is 0 Å². The van der Waals surface area contributed by atoms with Crippen LogP contribution in [0.2, 0.25) is 5.31 Å². The minimum atomic E-state index is 0.549. The third kappa shape index (κ3) is 8.55. The molecule has 1 aliphatic rings. The van der Waals surface area contributed by atoms with Gasteiger partial charge in [-0.05, 0) is 32.1 Å². The summed E-state index contributed by atoms with van der Waals surface area (Å²) in [5, 5.41) is 0.549. The van der Waals surface area contributed by atoms with Crippen LogP contribution in [0, 0.1) is 0 Å². The quantitative estimate of drug-likeness (QED) is 0.307. The second kappa shape index (κ2) is 9.67. The molecule has 0 bridgehead atoms. The normalized spacial score (nSPS) is 20.4. The van der Waals surface area contributed by atoms with Crippen LogP contribution in [0.15, 0.2) is 11.6 Å². The number of hydrogen-bond donors (Lipinski definition) is 0. The molecule has 1 fully saturated rings. The summed E-state index contributed by atoms with van der Waals surface area (Å²) in [5.41, 5.74) is 1.77. The van der Waals surface area contributed by atoms with Crippen LogP contribution in [0.25, 0.3) is 0 Å². The van der Waals surface area contributed by atoms with Crippen molar-refractivity contribution >= 4 is 7.85 Å². The second-order valence-corrected chi connectivity index (χ2v) is 7.29. The Morgan fingerprint density at radius 3 is 2.26 bits per heavy atom. The molecule has 1 aliphatic carbocycles. The fourth-order valence-electron chi connectivity index (χ4n) is 3.21. The molecule has 110 valence electrons. The van der Waals surface area contributed by atoms with Crippen molar-refractivity contribution in [3.05, 3.63) is 11.6 Å². The summed E-state index contributed by atoms with van der Waals surface area (Å²) < 4.78 is 0. The first-order valence-corrected chi connectivity index (χ1v) is 8.82. The largest absolute Gasteiger partial charge is 0.109 e. The van der Waals surface area contributed by atoms with E-state index in [0.29, 0.717) is 5.31 Å². The Hall–Kier alpha value is -0.195. The highest BCUT2D eigenvalue weighted by molar-refractivity contribution is 6.14. The van der Waals surface area contributed by atoms with Crippen molar-refractivity contribution < 1.29 is 0 Å². The Bertz CT molecular complexity index is 242. The van der Waals surface area contributed by atoms with Crippen LogP contribution in [-0.4, -0.2) is 7.85 Å². The lowest BCUT2D eigenvalue weighted by molar-refractivity contribution is 0.487. The zero-order valence-corrected chi connectivity index (χ0v) is 13.8. The van der Waals surface area contributed by atoms with Crippen LogP contribution < -0.4 is 0 Å². The van der Waals surface area contributed by atoms with Crippen LogP contribution >= 0.6 is 0 Å². The SMILES string of the molecule is BC(C)(CCC=C1CCCCCCC1)CCCCC. The van der Waals surface area contributed by atoms with E-state index in [2.05, 4.69) is 27.8 Å². The van der Waals surface area contributed by atoms with E-state index in [-0.39, 0.29) is 0 Å². The van der Waals surface area contributed by atoms with Crippen LogP contribution in [0.4, 0.5) is 0 Å². The molecule has 0 aromatic carbocycles. The molecule has 0 amide bonds. The Morgan fingerprint density at radius 1 is 1.00 bits per heavy atom. The molecule has 1 unspecified atom stereocenters. The van der Waals surface area contributed by atoms with Crippen molar-refractivity contribution in [1.82, 2.24) is 0 Å². The summed E-state index contributed by atoms with van der Waals surface area (Å²) in [6, 6.07) is 0.